The van der Waals surface area contributed by atoms with Crippen molar-refractivity contribution in [1.29, 1.82) is 0 Å². The first-order valence-corrected chi connectivity index (χ1v) is 18.4. The molecule has 0 spiro atoms. The predicted molar refractivity (Wildman–Crippen MR) is 228 cm³/mol. The maximum atomic E-state index is 6.53. The van der Waals surface area contributed by atoms with Crippen LogP contribution in [0.5, 0.6) is 0 Å². The largest absolute Gasteiger partial charge is 0.455 e. The second-order valence-electron chi connectivity index (χ2n) is 13.7. The Labute approximate surface area is 314 Å². The highest BCUT2D eigenvalue weighted by Crippen LogP contribution is 2.44. The number of nitrogens with zero attached hydrogens (tertiary/aromatic N) is 1. The summed E-state index contributed by atoms with van der Waals surface area (Å²) in [7, 11) is 0. The van der Waals surface area contributed by atoms with Gasteiger partial charge in [0.25, 0.3) is 0 Å². The molecule has 0 fully saturated rings. The van der Waals surface area contributed by atoms with Gasteiger partial charge in [-0.1, -0.05) is 170 Å². The highest BCUT2D eigenvalue weighted by atomic mass is 16.3. The third-order valence-electron chi connectivity index (χ3n) is 10.5. The van der Waals surface area contributed by atoms with Crippen molar-refractivity contribution in [2.75, 3.05) is 4.90 Å². The Balaban J connectivity index is 1.05. The lowest BCUT2D eigenvalue weighted by Gasteiger charge is -2.27. The summed E-state index contributed by atoms with van der Waals surface area (Å²) < 4.78 is 6.53. The molecule has 9 aromatic carbocycles. The van der Waals surface area contributed by atoms with Crippen LogP contribution in [0.3, 0.4) is 0 Å². The second-order valence-corrected chi connectivity index (χ2v) is 13.7. The Hall–Kier alpha value is -7.16. The molecule has 0 aliphatic rings. The van der Waals surface area contributed by atoms with Crippen LogP contribution in [-0.2, 0) is 0 Å². The van der Waals surface area contributed by atoms with Gasteiger partial charge in [0, 0.05) is 33.4 Å². The van der Waals surface area contributed by atoms with Crippen LogP contribution in [0.25, 0.3) is 77.2 Å². The third kappa shape index (κ3) is 5.62. The Morgan fingerprint density at radius 2 is 0.833 bits per heavy atom. The van der Waals surface area contributed by atoms with Gasteiger partial charge in [0.2, 0.25) is 0 Å². The molecule has 0 radical (unpaired) electrons. The standard InChI is InChI=1S/C52H35NO/c1-3-13-39(14-4-1)50-35-43(33-34-46(50)48-22-12-23-49-47-20-9-10-24-51(47)54-52(48)49)53(41-17-5-2-6-18-41)42-31-29-37(30-32-42)36-25-27-40(28-26-36)45-21-11-16-38-15-7-8-19-44(38)45/h1-35H. The lowest BCUT2D eigenvalue weighted by Crippen LogP contribution is -2.10. The summed E-state index contributed by atoms with van der Waals surface area (Å²) in [6, 6.07) is 75.8. The van der Waals surface area contributed by atoms with E-state index in [1.807, 2.05) is 12.1 Å². The molecule has 2 nitrogen and oxygen atoms in total. The molecule has 2 heteroatoms. The first-order chi connectivity index (χ1) is 26.8. The van der Waals surface area contributed by atoms with Crippen molar-refractivity contribution in [2.24, 2.45) is 0 Å². The van der Waals surface area contributed by atoms with E-state index in [1.54, 1.807) is 0 Å². The van der Waals surface area contributed by atoms with Gasteiger partial charge in [0.1, 0.15) is 11.2 Å². The Bertz CT molecular complexity index is 2900. The molecule has 54 heavy (non-hydrogen) atoms. The highest BCUT2D eigenvalue weighted by molar-refractivity contribution is 6.10. The lowest BCUT2D eigenvalue weighted by molar-refractivity contribution is 0.670. The van der Waals surface area contributed by atoms with E-state index in [4.69, 9.17) is 4.42 Å². The number of anilines is 3. The summed E-state index contributed by atoms with van der Waals surface area (Å²) in [5, 5.41) is 4.78. The molecule has 0 amide bonds. The minimum Gasteiger partial charge on any atom is -0.455 e. The summed E-state index contributed by atoms with van der Waals surface area (Å²) in [5.74, 6) is 0. The molecular formula is C52H35NO. The van der Waals surface area contributed by atoms with E-state index in [0.29, 0.717) is 0 Å². The number of hydrogen-bond donors (Lipinski definition) is 0. The van der Waals surface area contributed by atoms with Gasteiger partial charge in [-0.3, -0.25) is 0 Å². The van der Waals surface area contributed by atoms with E-state index in [0.717, 1.165) is 61.3 Å². The fourth-order valence-electron chi connectivity index (χ4n) is 7.87. The average molecular weight is 690 g/mol. The van der Waals surface area contributed by atoms with E-state index in [2.05, 4.69) is 205 Å². The van der Waals surface area contributed by atoms with Gasteiger partial charge in [-0.15, -0.1) is 0 Å². The van der Waals surface area contributed by atoms with Gasteiger partial charge in [-0.2, -0.15) is 0 Å². The topological polar surface area (TPSA) is 16.4 Å². The smallest absolute Gasteiger partial charge is 0.143 e. The summed E-state index contributed by atoms with van der Waals surface area (Å²) in [6.07, 6.45) is 0. The molecule has 10 aromatic rings. The molecule has 254 valence electrons. The predicted octanol–water partition coefficient (Wildman–Crippen LogP) is 14.9. The van der Waals surface area contributed by atoms with Gasteiger partial charge >= 0.3 is 0 Å². The van der Waals surface area contributed by atoms with E-state index in [-0.39, 0.29) is 0 Å². The summed E-state index contributed by atoms with van der Waals surface area (Å²) >= 11 is 0. The van der Waals surface area contributed by atoms with Crippen molar-refractivity contribution in [3.63, 3.8) is 0 Å². The molecule has 0 N–H and O–H groups in total. The van der Waals surface area contributed by atoms with Crippen molar-refractivity contribution in [2.45, 2.75) is 0 Å². The van der Waals surface area contributed by atoms with Gasteiger partial charge in [-0.05, 0) is 92.2 Å². The minimum atomic E-state index is 0.900. The molecule has 0 saturated heterocycles. The summed E-state index contributed by atoms with van der Waals surface area (Å²) in [5.41, 5.74) is 14.4. The SMILES string of the molecule is c1ccc(-c2cc(N(c3ccccc3)c3ccc(-c4ccc(-c5cccc6ccccc56)cc4)cc3)ccc2-c2cccc3c2oc2ccccc23)cc1. The summed E-state index contributed by atoms with van der Waals surface area (Å²) in [4.78, 5) is 2.34. The third-order valence-corrected chi connectivity index (χ3v) is 10.5. The van der Waals surface area contributed by atoms with Crippen LogP contribution >= 0.6 is 0 Å². The van der Waals surface area contributed by atoms with Gasteiger partial charge < -0.3 is 9.32 Å². The van der Waals surface area contributed by atoms with Gasteiger partial charge in [-0.25, -0.2) is 0 Å². The van der Waals surface area contributed by atoms with Crippen molar-refractivity contribution in [3.8, 4) is 44.5 Å². The number of furan rings is 1. The molecular weight excluding hydrogens is 655 g/mol. The highest BCUT2D eigenvalue weighted by Gasteiger charge is 2.19. The maximum Gasteiger partial charge on any atom is 0.143 e. The maximum absolute atomic E-state index is 6.53. The lowest BCUT2D eigenvalue weighted by atomic mass is 9.92. The zero-order valence-corrected chi connectivity index (χ0v) is 29.6. The van der Waals surface area contributed by atoms with Crippen molar-refractivity contribution >= 4 is 49.8 Å². The number of benzene rings is 9. The zero-order valence-electron chi connectivity index (χ0n) is 29.6. The van der Waals surface area contributed by atoms with Crippen LogP contribution in [0.4, 0.5) is 17.1 Å². The molecule has 10 rings (SSSR count). The molecule has 0 bridgehead atoms. The first kappa shape index (κ1) is 31.6. The van der Waals surface area contributed by atoms with Gasteiger partial charge in [0.05, 0.1) is 0 Å². The Morgan fingerprint density at radius 1 is 0.296 bits per heavy atom. The molecule has 0 atom stereocenters. The van der Waals surface area contributed by atoms with Crippen molar-refractivity contribution in [3.05, 3.63) is 212 Å². The zero-order chi connectivity index (χ0) is 35.8. The van der Waals surface area contributed by atoms with Crippen molar-refractivity contribution in [1.82, 2.24) is 0 Å². The van der Waals surface area contributed by atoms with Crippen LogP contribution in [0.1, 0.15) is 0 Å². The molecule has 0 saturated carbocycles. The van der Waals surface area contributed by atoms with Crippen LogP contribution in [-0.4, -0.2) is 0 Å². The Kier molecular flexibility index (Phi) is 7.85. The molecule has 1 heterocycles. The van der Waals surface area contributed by atoms with E-state index < -0.39 is 0 Å². The van der Waals surface area contributed by atoms with Crippen molar-refractivity contribution < 1.29 is 4.42 Å². The van der Waals surface area contributed by atoms with E-state index in [9.17, 15) is 0 Å². The second kappa shape index (κ2) is 13.4. The van der Waals surface area contributed by atoms with Crippen LogP contribution in [0.2, 0.25) is 0 Å². The average Bonchev–Trinajstić information content (AvgIpc) is 3.64. The molecule has 0 unspecified atom stereocenters. The van der Waals surface area contributed by atoms with E-state index >= 15 is 0 Å². The summed E-state index contributed by atoms with van der Waals surface area (Å²) in [6.45, 7) is 0. The van der Waals surface area contributed by atoms with E-state index in [1.165, 1.54) is 33.0 Å². The number of hydrogen-bond acceptors (Lipinski definition) is 2. The van der Waals surface area contributed by atoms with Crippen LogP contribution in [0.15, 0.2) is 217 Å². The minimum absolute atomic E-state index is 0.900. The quantitative estimate of drug-likeness (QED) is 0.166. The number of fused-ring (bicyclic) bond motifs is 4. The van der Waals surface area contributed by atoms with Crippen LogP contribution < -0.4 is 4.90 Å². The Morgan fingerprint density at radius 3 is 1.63 bits per heavy atom. The normalized spacial score (nSPS) is 11.3. The van der Waals surface area contributed by atoms with Crippen LogP contribution in [0, 0.1) is 0 Å². The number of rotatable bonds is 7. The number of para-hydroxylation sites is 3. The first-order valence-electron chi connectivity index (χ1n) is 18.4. The fourth-order valence-corrected chi connectivity index (χ4v) is 7.87. The molecule has 0 aliphatic carbocycles. The fraction of sp³-hybridized carbons (Fsp3) is 0. The molecule has 0 aliphatic heterocycles. The molecule has 1 aromatic heterocycles. The van der Waals surface area contributed by atoms with Gasteiger partial charge in [0.15, 0.2) is 0 Å². The monoisotopic (exact) mass is 689 g/mol.